The van der Waals surface area contributed by atoms with Crippen LogP contribution in [-0.4, -0.2) is 263 Å². The Morgan fingerprint density at radius 3 is 1.98 bits per heavy atom. The van der Waals surface area contributed by atoms with E-state index in [0.717, 1.165) is 20.4 Å². The van der Waals surface area contributed by atoms with Gasteiger partial charge in [-0.25, -0.2) is 9.78 Å². The monoisotopic (exact) mass is 1470 g/mol. The number of rotatable bonds is 41. The number of amides is 12. The number of carbonyl (C=O) groups is 12. The van der Waals surface area contributed by atoms with E-state index in [1.54, 1.807) is 64.8 Å². The molecule has 0 saturated carbocycles. The molecule has 0 radical (unpaired) electrons. The number of methoxy groups -OCH3 is 2. The van der Waals surface area contributed by atoms with Crippen LogP contribution in [0.2, 0.25) is 0 Å². The maximum Gasteiger partial charge on any atom is 0.411 e. The summed E-state index contributed by atoms with van der Waals surface area (Å²) >= 11 is 1.46. The van der Waals surface area contributed by atoms with Crippen molar-refractivity contribution in [2.45, 2.75) is 155 Å². The fraction of sp³-hybridized carbons (Fsp3) is 0.630. The first-order chi connectivity index (χ1) is 49.7. The standard InChI is InChI=1S/C73H109N13O17S/c1-13-48(6)65(55(99-11)43-61(92)85-31-17-20-54(85)66(100-12)49(7)68(94)79-53(71-75-30-41-104-71)42-50-18-15-14-16-19-50)82(9)62(93)45-77-70(96)64(47(4)5)83(10)73(98)103-67(72(97)84-35-33-81(8)34-36-84)51-21-23-52(24-22-51)78-58(89)44-76-69(95)63(46(2)3)80-57(88)28-37-101-39-40-102-38-29-74-56(87)27-32-86-59(90)25-26-60(86)91/h14-16,18-19,21-24,30,41,46-49,53-55,63-67H,13,17,20,25-29,31-40,42-45H2,1-12H3,(H,74,87)(H,76,95)(H,77,96)(H,78,89)(H,79,94)(H,80,88)/t48-,49+,53-,54-,55+,63?,64?,65-,66+,67?/m0/s1. The van der Waals surface area contributed by atoms with Crippen molar-refractivity contribution < 1.29 is 81.2 Å². The van der Waals surface area contributed by atoms with Crippen LogP contribution in [0, 0.1) is 23.7 Å². The minimum atomic E-state index is -1.49. The molecule has 0 bridgehead atoms. The van der Waals surface area contributed by atoms with Crippen LogP contribution >= 0.6 is 11.3 Å². The van der Waals surface area contributed by atoms with Gasteiger partial charge in [-0.2, -0.15) is 0 Å². The molecule has 0 spiro atoms. The topological polar surface area (TPSA) is 356 Å². The Bertz CT molecular complexity index is 3310. The van der Waals surface area contributed by atoms with Crippen LogP contribution in [0.15, 0.2) is 66.2 Å². The minimum Gasteiger partial charge on any atom is -0.431 e. The van der Waals surface area contributed by atoms with E-state index in [1.807, 2.05) is 56.6 Å². The molecular weight excluding hydrogens is 1360 g/mol. The molecule has 3 unspecified atom stereocenters. The molecule has 3 aromatic rings. The molecule has 1 aromatic heterocycles. The van der Waals surface area contributed by atoms with Crippen LogP contribution in [0.5, 0.6) is 0 Å². The Kier molecular flexibility index (Phi) is 34.5. The highest BCUT2D eigenvalue weighted by molar-refractivity contribution is 7.09. The number of aromatic nitrogens is 1. The third-order valence-corrected chi connectivity index (χ3v) is 20.1. The summed E-state index contributed by atoms with van der Waals surface area (Å²) in [6, 6.07) is 12.3. The Hall–Kier alpha value is -8.49. The van der Waals surface area contributed by atoms with Gasteiger partial charge < -0.3 is 75.2 Å². The highest BCUT2D eigenvalue weighted by atomic mass is 32.1. The van der Waals surface area contributed by atoms with Gasteiger partial charge in [0.2, 0.25) is 65.2 Å². The van der Waals surface area contributed by atoms with Crippen molar-refractivity contribution in [3.05, 3.63) is 82.3 Å². The van der Waals surface area contributed by atoms with E-state index < -0.39 is 109 Å². The molecule has 4 heterocycles. The Labute approximate surface area is 614 Å². The predicted molar refractivity (Wildman–Crippen MR) is 387 cm³/mol. The fourth-order valence-electron chi connectivity index (χ4n) is 13.1. The van der Waals surface area contributed by atoms with Crippen LogP contribution in [0.25, 0.3) is 0 Å². The maximum absolute atomic E-state index is 14.6. The molecular formula is C73H109N13O17S. The lowest BCUT2D eigenvalue weighted by molar-refractivity contribution is -0.146. The van der Waals surface area contributed by atoms with Gasteiger partial charge in [0.15, 0.2) is 0 Å². The minimum absolute atomic E-state index is 0.00278. The summed E-state index contributed by atoms with van der Waals surface area (Å²) < 4.78 is 29.1. The molecule has 12 amide bonds. The Balaban J connectivity index is 0.991. The first-order valence-electron chi connectivity index (χ1n) is 35.9. The molecule has 3 aliphatic rings. The third kappa shape index (κ3) is 25.1. The van der Waals surface area contributed by atoms with Gasteiger partial charge in [-0.3, -0.25) is 62.5 Å². The first kappa shape index (κ1) is 84.4. The van der Waals surface area contributed by atoms with Gasteiger partial charge in [0.1, 0.15) is 17.1 Å². The van der Waals surface area contributed by atoms with E-state index in [-0.39, 0.29) is 130 Å². The SMILES string of the molecule is CC[C@H](C)[C@@H]([C@@H](CC(=O)N1CCC[C@H]1[C@H](OC)[C@@H](C)C(=O)N[C@@H](Cc1ccccc1)c1nccs1)OC)N(C)C(=O)CNC(=O)C(C(C)C)N(C)C(=O)OC(C(=O)N1CCN(C)CC1)c1ccc(NC(=O)CNC(=O)C(NC(=O)CCOCCOCCNC(=O)CCN2C(=O)CCC2=O)C(C)C)cc1. The van der Waals surface area contributed by atoms with E-state index in [2.05, 4.69) is 41.8 Å². The Morgan fingerprint density at radius 2 is 1.37 bits per heavy atom. The molecule has 6 rings (SSSR count). The summed E-state index contributed by atoms with van der Waals surface area (Å²) in [6.07, 6.45) is 0.419. The zero-order valence-electron chi connectivity index (χ0n) is 62.3. The van der Waals surface area contributed by atoms with E-state index in [1.165, 1.54) is 54.7 Å². The van der Waals surface area contributed by atoms with Gasteiger partial charge in [0.05, 0.1) is 82.2 Å². The first-order valence-corrected chi connectivity index (χ1v) is 36.8. The molecule has 30 nitrogen and oxygen atoms in total. The van der Waals surface area contributed by atoms with Gasteiger partial charge in [-0.1, -0.05) is 97.4 Å². The lowest BCUT2D eigenvalue weighted by atomic mass is 9.90. The second-order valence-corrected chi connectivity index (χ2v) is 28.3. The van der Waals surface area contributed by atoms with Crippen molar-refractivity contribution >= 4 is 88.1 Å². The number of anilines is 1. The number of nitrogens with one attached hydrogen (secondary N) is 6. The second kappa shape index (κ2) is 42.5. The van der Waals surface area contributed by atoms with Crippen molar-refractivity contribution in [1.82, 2.24) is 61.0 Å². The molecule has 3 saturated heterocycles. The molecule has 6 N–H and O–H groups in total. The van der Waals surface area contributed by atoms with Crippen LogP contribution in [0.1, 0.15) is 128 Å². The van der Waals surface area contributed by atoms with Crippen LogP contribution in [0.3, 0.4) is 0 Å². The van der Waals surface area contributed by atoms with E-state index in [0.29, 0.717) is 58.4 Å². The normalized spacial score (nSPS) is 17.4. The quantitative estimate of drug-likeness (QED) is 0.0350. The van der Waals surface area contributed by atoms with Gasteiger partial charge in [0, 0.05) is 123 Å². The number of nitrogens with zero attached hydrogens (tertiary/aromatic N) is 7. The number of benzene rings is 2. The molecule has 0 aliphatic carbocycles. The fourth-order valence-corrected chi connectivity index (χ4v) is 13.8. The molecule has 574 valence electrons. The summed E-state index contributed by atoms with van der Waals surface area (Å²) in [4.78, 5) is 175. The predicted octanol–water partition coefficient (Wildman–Crippen LogP) is 3.46. The van der Waals surface area contributed by atoms with E-state index >= 15 is 0 Å². The molecule has 31 heteroatoms. The number of hydrogen-bond donors (Lipinski definition) is 6. The maximum atomic E-state index is 14.6. The molecule has 2 aromatic carbocycles. The smallest absolute Gasteiger partial charge is 0.411 e. The van der Waals surface area contributed by atoms with Crippen molar-refractivity contribution in [1.29, 1.82) is 0 Å². The number of likely N-dealkylation sites (N-methyl/N-ethyl adjacent to an activating group) is 3. The van der Waals surface area contributed by atoms with Crippen molar-refractivity contribution in [3.8, 4) is 0 Å². The van der Waals surface area contributed by atoms with Crippen LogP contribution < -0.4 is 31.9 Å². The third-order valence-electron chi connectivity index (χ3n) is 19.2. The summed E-state index contributed by atoms with van der Waals surface area (Å²) in [7, 11) is 7.94. The average Bonchev–Trinajstić information content (AvgIpc) is 1.20. The number of thiazole rings is 1. The summed E-state index contributed by atoms with van der Waals surface area (Å²) in [5, 5.41) is 19.2. The molecule has 10 atom stereocenters. The number of hydrogen-bond acceptors (Lipinski definition) is 20. The molecule has 3 fully saturated rings. The van der Waals surface area contributed by atoms with Gasteiger partial charge in [-0.15, -0.1) is 11.3 Å². The van der Waals surface area contributed by atoms with Gasteiger partial charge in [-0.05, 0) is 61.8 Å². The van der Waals surface area contributed by atoms with Crippen molar-refractivity contribution in [2.24, 2.45) is 23.7 Å². The zero-order chi connectivity index (χ0) is 76.2. The van der Waals surface area contributed by atoms with E-state index in [4.69, 9.17) is 23.7 Å². The Morgan fingerprint density at radius 1 is 0.702 bits per heavy atom. The lowest BCUT2D eigenvalue weighted by Crippen LogP contribution is -2.56. The number of carbonyl (C=O) groups excluding carboxylic acids is 12. The lowest BCUT2D eigenvalue weighted by Gasteiger charge is -2.39. The van der Waals surface area contributed by atoms with Gasteiger partial charge in [0.25, 0.3) is 5.91 Å². The average molecular weight is 1470 g/mol. The molecule has 3 aliphatic heterocycles. The second-order valence-electron chi connectivity index (χ2n) is 27.4. The van der Waals surface area contributed by atoms with Crippen molar-refractivity contribution in [2.75, 3.05) is 126 Å². The number of piperazine rings is 1. The number of ether oxygens (including phenoxy) is 5. The highest BCUT2D eigenvalue weighted by Crippen LogP contribution is 2.32. The number of imide groups is 1. The summed E-state index contributed by atoms with van der Waals surface area (Å²) in [6.45, 7) is 14.8. The van der Waals surface area contributed by atoms with Gasteiger partial charge >= 0.3 is 6.09 Å². The number of likely N-dealkylation sites (tertiary alicyclic amines) is 2. The summed E-state index contributed by atoms with van der Waals surface area (Å²) in [5.41, 5.74) is 1.59. The molecule has 104 heavy (non-hydrogen) atoms. The van der Waals surface area contributed by atoms with Crippen molar-refractivity contribution in [3.63, 3.8) is 0 Å². The van der Waals surface area contributed by atoms with Crippen LogP contribution in [-0.2, 0) is 82.8 Å². The summed E-state index contributed by atoms with van der Waals surface area (Å²) in [5.74, 6) is -6.36. The van der Waals surface area contributed by atoms with E-state index in [9.17, 15) is 57.5 Å². The van der Waals surface area contributed by atoms with Crippen LogP contribution in [0.4, 0.5) is 10.5 Å². The highest BCUT2D eigenvalue weighted by Gasteiger charge is 2.44. The largest absolute Gasteiger partial charge is 0.431 e. The zero-order valence-corrected chi connectivity index (χ0v) is 63.1.